The SMILES string of the molecule is CCNC(=O)c1ccc(NC(CO)CO)c(N)c1. The largest absolute Gasteiger partial charge is 0.397 e. The Kier molecular flexibility index (Phi) is 5.41. The number of aliphatic hydroxyl groups is 2. The number of hydrogen-bond donors (Lipinski definition) is 5. The Hall–Kier alpha value is -1.79. The van der Waals surface area contributed by atoms with E-state index in [4.69, 9.17) is 15.9 Å². The Labute approximate surface area is 106 Å². The van der Waals surface area contributed by atoms with Gasteiger partial charge in [0, 0.05) is 12.1 Å². The summed E-state index contributed by atoms with van der Waals surface area (Å²) in [6.07, 6.45) is 0. The third-order valence-electron chi connectivity index (χ3n) is 2.45. The highest BCUT2D eigenvalue weighted by molar-refractivity contribution is 5.96. The van der Waals surface area contributed by atoms with Gasteiger partial charge in [-0.05, 0) is 25.1 Å². The van der Waals surface area contributed by atoms with Gasteiger partial charge in [-0.2, -0.15) is 0 Å². The standard InChI is InChI=1S/C12H19N3O3/c1-2-14-12(18)8-3-4-11(10(13)5-8)15-9(6-16)7-17/h3-5,9,15-17H,2,6-7,13H2,1H3,(H,14,18). The highest BCUT2D eigenvalue weighted by atomic mass is 16.3. The number of nitrogen functional groups attached to an aromatic ring is 1. The van der Waals surface area contributed by atoms with E-state index in [1.54, 1.807) is 18.2 Å². The second-order valence-corrected chi connectivity index (χ2v) is 3.87. The Morgan fingerprint density at radius 2 is 2.06 bits per heavy atom. The zero-order valence-electron chi connectivity index (χ0n) is 10.3. The molecule has 0 aliphatic heterocycles. The van der Waals surface area contributed by atoms with Crippen molar-refractivity contribution in [2.45, 2.75) is 13.0 Å². The predicted octanol–water partition coefficient (Wildman–Crippen LogP) is -0.216. The first kappa shape index (κ1) is 14.3. The molecular formula is C12H19N3O3. The van der Waals surface area contributed by atoms with Crippen LogP contribution in [0.25, 0.3) is 0 Å². The number of aliphatic hydroxyl groups excluding tert-OH is 2. The number of anilines is 2. The lowest BCUT2D eigenvalue weighted by atomic mass is 10.1. The Morgan fingerprint density at radius 1 is 1.39 bits per heavy atom. The van der Waals surface area contributed by atoms with Gasteiger partial charge in [-0.25, -0.2) is 0 Å². The van der Waals surface area contributed by atoms with E-state index in [-0.39, 0.29) is 19.1 Å². The van der Waals surface area contributed by atoms with Crippen LogP contribution in [0.2, 0.25) is 0 Å². The van der Waals surface area contributed by atoms with Crippen LogP contribution in [0.3, 0.4) is 0 Å². The van der Waals surface area contributed by atoms with E-state index in [1.165, 1.54) is 0 Å². The zero-order valence-corrected chi connectivity index (χ0v) is 10.3. The molecule has 0 aliphatic rings. The van der Waals surface area contributed by atoms with Crippen molar-refractivity contribution < 1.29 is 15.0 Å². The summed E-state index contributed by atoms with van der Waals surface area (Å²) in [5.41, 5.74) is 7.26. The van der Waals surface area contributed by atoms with Gasteiger partial charge in [-0.15, -0.1) is 0 Å². The molecule has 0 unspecified atom stereocenters. The van der Waals surface area contributed by atoms with Crippen molar-refractivity contribution in [3.05, 3.63) is 23.8 Å². The second-order valence-electron chi connectivity index (χ2n) is 3.87. The van der Waals surface area contributed by atoms with Gasteiger partial charge in [0.05, 0.1) is 30.6 Å². The summed E-state index contributed by atoms with van der Waals surface area (Å²) in [6, 6.07) is 4.37. The molecule has 0 atom stereocenters. The number of amides is 1. The summed E-state index contributed by atoms with van der Waals surface area (Å²) in [5.74, 6) is -0.184. The molecule has 1 rings (SSSR count). The molecule has 18 heavy (non-hydrogen) atoms. The third-order valence-corrected chi connectivity index (χ3v) is 2.45. The molecule has 6 nitrogen and oxygen atoms in total. The average Bonchev–Trinajstić information content (AvgIpc) is 2.37. The quantitative estimate of drug-likeness (QED) is 0.451. The minimum atomic E-state index is -0.470. The molecule has 0 fully saturated rings. The molecule has 100 valence electrons. The predicted molar refractivity (Wildman–Crippen MR) is 70.4 cm³/mol. The van der Waals surface area contributed by atoms with Crippen molar-refractivity contribution in [2.24, 2.45) is 0 Å². The number of nitrogens with one attached hydrogen (secondary N) is 2. The molecule has 0 radical (unpaired) electrons. The average molecular weight is 253 g/mol. The van der Waals surface area contributed by atoms with Crippen LogP contribution < -0.4 is 16.4 Å². The van der Waals surface area contributed by atoms with Crippen molar-refractivity contribution in [1.82, 2.24) is 5.32 Å². The lowest BCUT2D eigenvalue weighted by molar-refractivity contribution is 0.0956. The number of hydrogen-bond acceptors (Lipinski definition) is 5. The molecule has 0 aliphatic carbocycles. The van der Waals surface area contributed by atoms with Crippen LogP contribution in [-0.4, -0.2) is 41.9 Å². The number of benzene rings is 1. The van der Waals surface area contributed by atoms with Gasteiger partial charge in [-0.3, -0.25) is 4.79 Å². The Balaban J connectivity index is 2.82. The number of carbonyl (C=O) groups is 1. The van der Waals surface area contributed by atoms with Gasteiger partial charge >= 0.3 is 0 Å². The van der Waals surface area contributed by atoms with E-state index in [1.807, 2.05) is 6.92 Å². The fourth-order valence-corrected chi connectivity index (χ4v) is 1.47. The molecule has 0 spiro atoms. The molecule has 0 saturated heterocycles. The Bertz CT molecular complexity index is 406. The normalized spacial score (nSPS) is 10.4. The van der Waals surface area contributed by atoms with Gasteiger partial charge in [0.1, 0.15) is 0 Å². The van der Waals surface area contributed by atoms with Crippen molar-refractivity contribution in [2.75, 3.05) is 30.8 Å². The lowest BCUT2D eigenvalue weighted by Gasteiger charge is -2.17. The van der Waals surface area contributed by atoms with Gasteiger partial charge in [-0.1, -0.05) is 0 Å². The topological polar surface area (TPSA) is 108 Å². The van der Waals surface area contributed by atoms with Crippen LogP contribution in [-0.2, 0) is 0 Å². The first-order valence-electron chi connectivity index (χ1n) is 5.78. The van der Waals surface area contributed by atoms with E-state index >= 15 is 0 Å². The summed E-state index contributed by atoms with van der Waals surface area (Å²) in [5, 5.41) is 23.5. The van der Waals surface area contributed by atoms with E-state index < -0.39 is 6.04 Å². The maximum Gasteiger partial charge on any atom is 0.251 e. The molecule has 1 aromatic rings. The van der Waals surface area contributed by atoms with Crippen LogP contribution in [0, 0.1) is 0 Å². The van der Waals surface area contributed by atoms with Crippen LogP contribution in [0.15, 0.2) is 18.2 Å². The maximum atomic E-state index is 11.6. The number of nitrogens with two attached hydrogens (primary N) is 1. The summed E-state index contributed by atoms with van der Waals surface area (Å²) in [7, 11) is 0. The first-order chi connectivity index (χ1) is 8.62. The summed E-state index contributed by atoms with van der Waals surface area (Å²) in [6.45, 7) is 1.99. The highest BCUT2D eigenvalue weighted by Gasteiger charge is 2.10. The van der Waals surface area contributed by atoms with E-state index in [2.05, 4.69) is 10.6 Å². The molecular weight excluding hydrogens is 234 g/mol. The number of carbonyl (C=O) groups excluding carboxylic acids is 1. The molecule has 6 heteroatoms. The van der Waals surface area contributed by atoms with Crippen LogP contribution in [0.1, 0.15) is 17.3 Å². The first-order valence-corrected chi connectivity index (χ1v) is 5.78. The van der Waals surface area contributed by atoms with Crippen molar-refractivity contribution in [3.63, 3.8) is 0 Å². The monoisotopic (exact) mass is 253 g/mol. The molecule has 0 saturated carbocycles. The second kappa shape index (κ2) is 6.83. The van der Waals surface area contributed by atoms with E-state index in [0.29, 0.717) is 23.5 Å². The molecule has 0 aromatic heterocycles. The Morgan fingerprint density at radius 3 is 2.56 bits per heavy atom. The highest BCUT2D eigenvalue weighted by Crippen LogP contribution is 2.20. The molecule has 0 heterocycles. The zero-order chi connectivity index (χ0) is 13.5. The molecule has 6 N–H and O–H groups in total. The summed E-state index contributed by atoms with van der Waals surface area (Å²) in [4.78, 5) is 11.6. The smallest absolute Gasteiger partial charge is 0.251 e. The minimum Gasteiger partial charge on any atom is -0.397 e. The fraction of sp³-hybridized carbons (Fsp3) is 0.417. The van der Waals surface area contributed by atoms with Gasteiger partial charge < -0.3 is 26.6 Å². The van der Waals surface area contributed by atoms with Crippen molar-refractivity contribution in [1.29, 1.82) is 0 Å². The van der Waals surface area contributed by atoms with Crippen molar-refractivity contribution >= 4 is 17.3 Å². The lowest BCUT2D eigenvalue weighted by Crippen LogP contribution is -2.28. The summed E-state index contributed by atoms with van der Waals surface area (Å²) >= 11 is 0. The van der Waals surface area contributed by atoms with Crippen molar-refractivity contribution in [3.8, 4) is 0 Å². The van der Waals surface area contributed by atoms with Gasteiger partial charge in [0.25, 0.3) is 5.91 Å². The third kappa shape index (κ3) is 3.61. The maximum absolute atomic E-state index is 11.6. The van der Waals surface area contributed by atoms with Gasteiger partial charge in [0.2, 0.25) is 0 Å². The van der Waals surface area contributed by atoms with Crippen LogP contribution >= 0.6 is 0 Å². The van der Waals surface area contributed by atoms with Crippen LogP contribution in [0.5, 0.6) is 0 Å². The number of rotatable bonds is 6. The minimum absolute atomic E-state index is 0.184. The molecule has 1 aromatic carbocycles. The van der Waals surface area contributed by atoms with E-state index in [9.17, 15) is 4.79 Å². The van der Waals surface area contributed by atoms with E-state index in [0.717, 1.165) is 0 Å². The molecule has 0 bridgehead atoms. The molecule has 1 amide bonds. The summed E-state index contributed by atoms with van der Waals surface area (Å²) < 4.78 is 0. The van der Waals surface area contributed by atoms with Crippen LogP contribution in [0.4, 0.5) is 11.4 Å². The fourth-order valence-electron chi connectivity index (χ4n) is 1.47. The van der Waals surface area contributed by atoms with Gasteiger partial charge in [0.15, 0.2) is 0 Å².